The molecule has 0 fully saturated rings. The molecule has 1 heterocycles. The Balaban J connectivity index is 2.30. The molecular weight excluding hydrogens is 247 g/mol. The maximum atomic E-state index is 13.0. The molecule has 1 aromatic carbocycles. The fourth-order valence-electron chi connectivity index (χ4n) is 1.39. The first-order chi connectivity index (χ1) is 8.06. The minimum absolute atomic E-state index is 0.00205. The summed E-state index contributed by atoms with van der Waals surface area (Å²) in [5.74, 6) is -1.44. The first-order valence-corrected chi connectivity index (χ1v) is 5.15. The van der Waals surface area contributed by atoms with Gasteiger partial charge in [0.15, 0.2) is 0 Å². The molecule has 6 heteroatoms. The third-order valence-corrected chi connectivity index (χ3v) is 2.45. The van der Waals surface area contributed by atoms with Gasteiger partial charge in [-0.2, -0.15) is 5.10 Å². The Morgan fingerprint density at radius 2 is 2.29 bits per heavy atom. The number of benzene rings is 1. The number of aliphatic carboxylic acids is 1. The van der Waals surface area contributed by atoms with Gasteiger partial charge in [0.05, 0.1) is 23.3 Å². The summed E-state index contributed by atoms with van der Waals surface area (Å²) in [4.78, 5) is 10.5. The minimum atomic E-state index is -0.929. The SMILES string of the molecule is O=C(O)Cc1cnn(-c2ccc(F)c(Cl)c2)c1. The van der Waals surface area contributed by atoms with E-state index in [0.717, 1.165) is 0 Å². The Hall–Kier alpha value is -1.88. The molecule has 4 nitrogen and oxygen atoms in total. The van der Waals surface area contributed by atoms with Gasteiger partial charge in [-0.1, -0.05) is 11.6 Å². The molecular formula is C11H8ClFN2O2. The molecule has 0 aliphatic heterocycles. The molecule has 0 amide bonds. The van der Waals surface area contributed by atoms with E-state index in [1.54, 1.807) is 6.20 Å². The van der Waals surface area contributed by atoms with E-state index in [0.29, 0.717) is 11.3 Å². The number of hydrogen-bond donors (Lipinski definition) is 1. The molecule has 0 radical (unpaired) electrons. The molecule has 0 saturated heterocycles. The molecule has 0 spiro atoms. The maximum Gasteiger partial charge on any atom is 0.307 e. The van der Waals surface area contributed by atoms with Crippen molar-refractivity contribution in [3.63, 3.8) is 0 Å². The van der Waals surface area contributed by atoms with Gasteiger partial charge in [0, 0.05) is 11.8 Å². The number of hydrogen-bond acceptors (Lipinski definition) is 2. The van der Waals surface area contributed by atoms with Gasteiger partial charge in [-0.3, -0.25) is 4.79 Å². The van der Waals surface area contributed by atoms with Crippen molar-refractivity contribution < 1.29 is 14.3 Å². The van der Waals surface area contributed by atoms with E-state index in [-0.39, 0.29) is 11.4 Å². The van der Waals surface area contributed by atoms with Crippen LogP contribution < -0.4 is 0 Å². The minimum Gasteiger partial charge on any atom is -0.481 e. The normalized spacial score (nSPS) is 10.5. The highest BCUT2D eigenvalue weighted by molar-refractivity contribution is 6.30. The molecule has 17 heavy (non-hydrogen) atoms. The van der Waals surface area contributed by atoms with Crippen molar-refractivity contribution in [2.75, 3.05) is 0 Å². The Kier molecular flexibility index (Phi) is 3.10. The first kappa shape index (κ1) is 11.6. The lowest BCUT2D eigenvalue weighted by Gasteiger charge is -2.01. The van der Waals surface area contributed by atoms with E-state index in [4.69, 9.17) is 16.7 Å². The predicted molar refractivity (Wildman–Crippen MR) is 59.9 cm³/mol. The molecule has 0 atom stereocenters. The van der Waals surface area contributed by atoms with Crippen molar-refractivity contribution in [2.24, 2.45) is 0 Å². The predicted octanol–water partition coefficient (Wildman–Crippen LogP) is 2.29. The Morgan fingerprint density at radius 1 is 1.53 bits per heavy atom. The van der Waals surface area contributed by atoms with Crippen LogP contribution in [0.5, 0.6) is 0 Å². The molecule has 0 bridgehead atoms. The summed E-state index contributed by atoms with van der Waals surface area (Å²) in [5.41, 5.74) is 1.14. The standard InChI is InChI=1S/C11H8ClFN2O2/c12-9-4-8(1-2-10(9)13)15-6-7(5-14-15)3-11(16)17/h1-2,4-6H,3H2,(H,16,17). The van der Waals surface area contributed by atoms with Crippen LogP contribution in [0, 0.1) is 5.82 Å². The van der Waals surface area contributed by atoms with Gasteiger partial charge < -0.3 is 5.11 Å². The lowest BCUT2D eigenvalue weighted by atomic mass is 10.2. The van der Waals surface area contributed by atoms with Gasteiger partial charge >= 0.3 is 5.97 Å². The summed E-state index contributed by atoms with van der Waals surface area (Å²) in [5, 5.41) is 12.6. The molecule has 0 aliphatic rings. The van der Waals surface area contributed by atoms with Gasteiger partial charge in [-0.25, -0.2) is 9.07 Å². The molecule has 0 aliphatic carbocycles. The van der Waals surface area contributed by atoms with Gasteiger partial charge in [0.1, 0.15) is 5.82 Å². The summed E-state index contributed by atoms with van der Waals surface area (Å²) in [7, 11) is 0. The van der Waals surface area contributed by atoms with Crippen LogP contribution in [0.2, 0.25) is 5.02 Å². The highest BCUT2D eigenvalue weighted by Crippen LogP contribution is 2.18. The average molecular weight is 255 g/mol. The molecule has 1 N–H and O–H groups in total. The second-order valence-corrected chi connectivity index (χ2v) is 3.87. The van der Waals surface area contributed by atoms with Crippen molar-refractivity contribution in [3.8, 4) is 5.69 Å². The second kappa shape index (κ2) is 4.55. The van der Waals surface area contributed by atoms with E-state index in [1.807, 2.05) is 0 Å². The summed E-state index contributed by atoms with van der Waals surface area (Å²) in [6, 6.07) is 4.17. The third kappa shape index (κ3) is 2.62. The van der Waals surface area contributed by atoms with Crippen LogP contribution in [0.3, 0.4) is 0 Å². The number of halogens is 2. The van der Waals surface area contributed by atoms with Crippen LogP contribution in [0.4, 0.5) is 4.39 Å². The number of nitrogens with zero attached hydrogens (tertiary/aromatic N) is 2. The number of aromatic nitrogens is 2. The van der Waals surface area contributed by atoms with Crippen LogP contribution in [0.15, 0.2) is 30.6 Å². The van der Waals surface area contributed by atoms with E-state index in [1.165, 1.54) is 29.1 Å². The van der Waals surface area contributed by atoms with Crippen LogP contribution in [-0.2, 0) is 11.2 Å². The fourth-order valence-corrected chi connectivity index (χ4v) is 1.57. The zero-order valence-electron chi connectivity index (χ0n) is 8.60. The van der Waals surface area contributed by atoms with Gasteiger partial charge in [-0.05, 0) is 18.2 Å². The quantitative estimate of drug-likeness (QED) is 0.914. The fraction of sp³-hybridized carbons (Fsp3) is 0.0909. The van der Waals surface area contributed by atoms with Crippen LogP contribution >= 0.6 is 11.6 Å². The van der Waals surface area contributed by atoms with Crippen molar-refractivity contribution in [1.82, 2.24) is 9.78 Å². The van der Waals surface area contributed by atoms with E-state index in [9.17, 15) is 9.18 Å². The van der Waals surface area contributed by atoms with Crippen molar-refractivity contribution >= 4 is 17.6 Å². The van der Waals surface area contributed by atoms with Crippen LogP contribution in [-0.4, -0.2) is 20.9 Å². The molecule has 0 saturated carbocycles. The Morgan fingerprint density at radius 3 is 2.94 bits per heavy atom. The zero-order valence-corrected chi connectivity index (χ0v) is 9.36. The summed E-state index contributed by atoms with van der Waals surface area (Å²) in [6.07, 6.45) is 2.91. The monoisotopic (exact) mass is 254 g/mol. The molecule has 2 rings (SSSR count). The summed E-state index contributed by atoms with van der Waals surface area (Å²) >= 11 is 5.64. The van der Waals surface area contributed by atoms with E-state index >= 15 is 0 Å². The third-order valence-electron chi connectivity index (χ3n) is 2.16. The van der Waals surface area contributed by atoms with Gasteiger partial charge in [0.2, 0.25) is 0 Å². The zero-order chi connectivity index (χ0) is 12.4. The Labute approximate surface area is 101 Å². The molecule has 1 aromatic heterocycles. The maximum absolute atomic E-state index is 13.0. The van der Waals surface area contributed by atoms with E-state index < -0.39 is 11.8 Å². The Bertz CT molecular complexity index is 568. The highest BCUT2D eigenvalue weighted by Gasteiger charge is 2.06. The topological polar surface area (TPSA) is 55.1 Å². The van der Waals surface area contributed by atoms with Crippen molar-refractivity contribution in [2.45, 2.75) is 6.42 Å². The second-order valence-electron chi connectivity index (χ2n) is 3.46. The molecule has 2 aromatic rings. The number of carbonyl (C=O) groups is 1. The lowest BCUT2D eigenvalue weighted by Crippen LogP contribution is -1.99. The largest absolute Gasteiger partial charge is 0.481 e. The van der Waals surface area contributed by atoms with Crippen molar-refractivity contribution in [3.05, 3.63) is 47.0 Å². The molecule has 88 valence electrons. The number of carboxylic acid groups (broad SMARTS) is 1. The summed E-state index contributed by atoms with van der Waals surface area (Å²) < 4.78 is 14.4. The van der Waals surface area contributed by atoms with E-state index in [2.05, 4.69) is 5.10 Å². The number of carboxylic acids is 1. The lowest BCUT2D eigenvalue weighted by molar-refractivity contribution is -0.136. The average Bonchev–Trinajstić information content (AvgIpc) is 2.69. The van der Waals surface area contributed by atoms with Crippen molar-refractivity contribution in [1.29, 1.82) is 0 Å². The van der Waals surface area contributed by atoms with Crippen LogP contribution in [0.25, 0.3) is 5.69 Å². The summed E-state index contributed by atoms with van der Waals surface area (Å²) in [6.45, 7) is 0. The molecule has 0 unspecified atom stereocenters. The van der Waals surface area contributed by atoms with Crippen LogP contribution in [0.1, 0.15) is 5.56 Å². The number of rotatable bonds is 3. The van der Waals surface area contributed by atoms with Gasteiger partial charge in [0.25, 0.3) is 0 Å². The smallest absolute Gasteiger partial charge is 0.307 e. The van der Waals surface area contributed by atoms with Gasteiger partial charge in [-0.15, -0.1) is 0 Å². The first-order valence-electron chi connectivity index (χ1n) is 4.77. The highest BCUT2D eigenvalue weighted by atomic mass is 35.5.